The Kier molecular flexibility index (Phi) is 4.54. The van der Waals surface area contributed by atoms with Crippen molar-refractivity contribution < 1.29 is 13.6 Å². The number of halogens is 3. The van der Waals surface area contributed by atoms with Gasteiger partial charge in [-0.25, -0.2) is 8.78 Å². The lowest BCUT2D eigenvalue weighted by molar-refractivity contribution is 0.102. The van der Waals surface area contributed by atoms with Crippen molar-refractivity contribution in [1.29, 1.82) is 0 Å². The molecule has 0 spiro atoms. The minimum absolute atomic E-state index is 0.133. The molecule has 2 aromatic rings. The monoisotopic (exact) mass is 355 g/mol. The zero-order chi connectivity index (χ0) is 15.6. The van der Waals surface area contributed by atoms with E-state index in [0.717, 1.165) is 22.2 Å². The summed E-state index contributed by atoms with van der Waals surface area (Å²) in [5.74, 6) is 2.52. The number of hydrogen-bond donors (Lipinski definition) is 3. The molecule has 0 atom stereocenters. The standard InChI is InChI=1S/C14H12BrF2N3O/c1-7-4-9(15)2-3-12(7)19-14(21)8-5-10(16)13(20-18)11(17)6-8/h2-6,20H,18H2,1H3,(H,19,21). The predicted molar refractivity (Wildman–Crippen MR) is 81.0 cm³/mol. The van der Waals surface area contributed by atoms with Gasteiger partial charge in [-0.1, -0.05) is 15.9 Å². The van der Waals surface area contributed by atoms with Crippen LogP contribution in [0.15, 0.2) is 34.8 Å². The Hall–Kier alpha value is -1.99. The van der Waals surface area contributed by atoms with E-state index in [2.05, 4.69) is 21.2 Å². The van der Waals surface area contributed by atoms with Crippen molar-refractivity contribution in [1.82, 2.24) is 0 Å². The maximum absolute atomic E-state index is 13.6. The summed E-state index contributed by atoms with van der Waals surface area (Å²) in [4.78, 5) is 12.0. The highest BCUT2D eigenvalue weighted by Crippen LogP contribution is 2.23. The van der Waals surface area contributed by atoms with E-state index in [0.29, 0.717) is 5.69 Å². The van der Waals surface area contributed by atoms with Gasteiger partial charge in [0.15, 0.2) is 11.6 Å². The van der Waals surface area contributed by atoms with Gasteiger partial charge in [-0.15, -0.1) is 0 Å². The summed E-state index contributed by atoms with van der Waals surface area (Å²) in [6.07, 6.45) is 0. The third kappa shape index (κ3) is 3.37. The van der Waals surface area contributed by atoms with Crippen molar-refractivity contribution >= 4 is 33.2 Å². The zero-order valence-electron chi connectivity index (χ0n) is 11.0. The van der Waals surface area contributed by atoms with E-state index in [9.17, 15) is 13.6 Å². The van der Waals surface area contributed by atoms with E-state index < -0.39 is 23.2 Å². The molecule has 0 aliphatic rings. The number of nitrogens with two attached hydrogens (primary N) is 1. The highest BCUT2D eigenvalue weighted by Gasteiger charge is 2.15. The summed E-state index contributed by atoms with van der Waals surface area (Å²) < 4.78 is 28.0. The average molecular weight is 356 g/mol. The molecule has 1 amide bonds. The fourth-order valence-corrected chi connectivity index (χ4v) is 2.28. The molecule has 0 saturated carbocycles. The van der Waals surface area contributed by atoms with Gasteiger partial charge in [0.2, 0.25) is 0 Å². The topological polar surface area (TPSA) is 67.2 Å². The quantitative estimate of drug-likeness (QED) is 0.582. The molecule has 4 N–H and O–H groups in total. The molecule has 2 aromatic carbocycles. The van der Waals surface area contributed by atoms with E-state index >= 15 is 0 Å². The predicted octanol–water partition coefficient (Wildman–Crippen LogP) is 3.57. The molecular formula is C14H12BrF2N3O. The van der Waals surface area contributed by atoms with Crippen LogP contribution in [0.1, 0.15) is 15.9 Å². The van der Waals surface area contributed by atoms with E-state index in [1.807, 2.05) is 18.4 Å². The van der Waals surface area contributed by atoms with Gasteiger partial charge in [-0.3, -0.25) is 10.6 Å². The van der Waals surface area contributed by atoms with Crippen LogP contribution >= 0.6 is 15.9 Å². The second-order valence-electron chi connectivity index (χ2n) is 4.37. The van der Waals surface area contributed by atoms with Gasteiger partial charge >= 0.3 is 0 Å². The van der Waals surface area contributed by atoms with E-state index in [-0.39, 0.29) is 5.56 Å². The number of carbonyl (C=O) groups excluding carboxylic acids is 1. The van der Waals surface area contributed by atoms with Crippen LogP contribution in [-0.4, -0.2) is 5.91 Å². The summed E-state index contributed by atoms with van der Waals surface area (Å²) in [5, 5.41) is 2.60. The number of anilines is 2. The fourth-order valence-electron chi connectivity index (χ4n) is 1.80. The summed E-state index contributed by atoms with van der Waals surface area (Å²) in [5.41, 5.74) is 2.67. The van der Waals surface area contributed by atoms with Gasteiger partial charge in [-0.2, -0.15) is 0 Å². The molecule has 0 aliphatic carbocycles. The first kappa shape index (κ1) is 15.4. The lowest BCUT2D eigenvalue weighted by Crippen LogP contribution is -2.16. The molecule has 110 valence electrons. The van der Waals surface area contributed by atoms with Gasteiger partial charge < -0.3 is 10.7 Å². The maximum Gasteiger partial charge on any atom is 0.255 e. The van der Waals surface area contributed by atoms with Gasteiger partial charge in [0.05, 0.1) is 0 Å². The first-order chi connectivity index (χ1) is 9.92. The Morgan fingerprint density at radius 1 is 1.19 bits per heavy atom. The number of benzene rings is 2. The largest absolute Gasteiger partial charge is 0.322 e. The molecule has 0 saturated heterocycles. The first-order valence-electron chi connectivity index (χ1n) is 5.95. The molecule has 0 aliphatic heterocycles. The van der Waals surface area contributed by atoms with E-state index in [1.165, 1.54) is 0 Å². The molecule has 0 bridgehead atoms. The third-order valence-corrected chi connectivity index (χ3v) is 3.38. The number of hydrazine groups is 1. The van der Waals surface area contributed by atoms with Crippen LogP contribution in [0.5, 0.6) is 0 Å². The molecule has 7 heteroatoms. The molecule has 21 heavy (non-hydrogen) atoms. The second kappa shape index (κ2) is 6.19. The van der Waals surface area contributed by atoms with Crippen molar-refractivity contribution in [2.45, 2.75) is 6.92 Å². The Morgan fingerprint density at radius 3 is 2.33 bits per heavy atom. The summed E-state index contributed by atoms with van der Waals surface area (Å²) in [6.45, 7) is 1.81. The number of carbonyl (C=O) groups is 1. The van der Waals surface area contributed by atoms with Crippen LogP contribution in [0.4, 0.5) is 20.2 Å². The minimum Gasteiger partial charge on any atom is -0.322 e. The van der Waals surface area contributed by atoms with Crippen LogP contribution in [0.25, 0.3) is 0 Å². The number of nitrogens with one attached hydrogen (secondary N) is 2. The normalized spacial score (nSPS) is 10.3. The number of hydrogen-bond acceptors (Lipinski definition) is 3. The highest BCUT2D eigenvalue weighted by molar-refractivity contribution is 9.10. The van der Waals surface area contributed by atoms with Gasteiger partial charge in [0.1, 0.15) is 5.69 Å². The summed E-state index contributed by atoms with van der Waals surface area (Å²) in [6, 6.07) is 7.10. The van der Waals surface area contributed by atoms with Crippen molar-refractivity contribution in [3.05, 3.63) is 57.6 Å². The Labute approximate surface area is 128 Å². The van der Waals surface area contributed by atoms with Crippen LogP contribution in [-0.2, 0) is 0 Å². The van der Waals surface area contributed by atoms with Crippen LogP contribution in [0.2, 0.25) is 0 Å². The molecule has 2 rings (SSSR count). The van der Waals surface area contributed by atoms with Gasteiger partial charge in [0.25, 0.3) is 5.91 Å². The van der Waals surface area contributed by atoms with Crippen LogP contribution < -0.4 is 16.6 Å². The molecule has 4 nitrogen and oxygen atoms in total. The Balaban J connectivity index is 2.28. The smallest absolute Gasteiger partial charge is 0.255 e. The number of amides is 1. The van der Waals surface area contributed by atoms with Crippen LogP contribution in [0, 0.1) is 18.6 Å². The van der Waals surface area contributed by atoms with Crippen molar-refractivity contribution in [2.75, 3.05) is 10.7 Å². The lowest BCUT2D eigenvalue weighted by atomic mass is 10.1. The van der Waals surface area contributed by atoms with Crippen molar-refractivity contribution in [3.63, 3.8) is 0 Å². The highest BCUT2D eigenvalue weighted by atomic mass is 79.9. The van der Waals surface area contributed by atoms with E-state index in [1.54, 1.807) is 12.1 Å². The first-order valence-corrected chi connectivity index (χ1v) is 6.75. The Morgan fingerprint density at radius 2 is 1.81 bits per heavy atom. The van der Waals surface area contributed by atoms with Crippen molar-refractivity contribution in [2.24, 2.45) is 5.84 Å². The summed E-state index contributed by atoms with van der Waals surface area (Å²) >= 11 is 3.31. The SMILES string of the molecule is Cc1cc(Br)ccc1NC(=O)c1cc(F)c(NN)c(F)c1. The molecule has 0 fully saturated rings. The minimum atomic E-state index is -0.935. The number of rotatable bonds is 3. The zero-order valence-corrected chi connectivity index (χ0v) is 12.6. The van der Waals surface area contributed by atoms with Gasteiger partial charge in [-0.05, 0) is 42.8 Å². The third-order valence-electron chi connectivity index (χ3n) is 2.89. The number of aryl methyl sites for hydroxylation is 1. The number of nitrogen functional groups attached to an aromatic ring is 1. The van der Waals surface area contributed by atoms with Crippen LogP contribution in [0.3, 0.4) is 0 Å². The average Bonchev–Trinajstić information content (AvgIpc) is 2.41. The lowest BCUT2D eigenvalue weighted by Gasteiger charge is -2.10. The maximum atomic E-state index is 13.6. The molecule has 0 radical (unpaired) electrons. The van der Waals surface area contributed by atoms with Crippen molar-refractivity contribution in [3.8, 4) is 0 Å². The van der Waals surface area contributed by atoms with E-state index in [4.69, 9.17) is 5.84 Å². The fraction of sp³-hybridized carbons (Fsp3) is 0.0714. The molecular weight excluding hydrogens is 344 g/mol. The molecule has 0 heterocycles. The molecule has 0 unspecified atom stereocenters. The Bertz CT molecular complexity index is 684. The molecule has 0 aromatic heterocycles. The van der Waals surface area contributed by atoms with Gasteiger partial charge in [0, 0.05) is 15.7 Å². The summed E-state index contributed by atoms with van der Waals surface area (Å²) in [7, 11) is 0. The second-order valence-corrected chi connectivity index (χ2v) is 5.29.